The standard InChI is InChI=1S/C7H6F2N2O2/c1-13-7(12)5-4(6(8)9)10-2-3-11-5/h2-3,6H,1H3. The van der Waals surface area contributed by atoms with Crippen LogP contribution in [-0.2, 0) is 4.74 Å². The highest BCUT2D eigenvalue weighted by atomic mass is 19.3. The lowest BCUT2D eigenvalue weighted by Gasteiger charge is -2.03. The van der Waals surface area contributed by atoms with Gasteiger partial charge in [0, 0.05) is 12.4 Å². The lowest BCUT2D eigenvalue weighted by atomic mass is 10.3. The van der Waals surface area contributed by atoms with Crippen LogP contribution in [0.25, 0.3) is 0 Å². The van der Waals surface area contributed by atoms with Crippen LogP contribution in [0.5, 0.6) is 0 Å². The van der Waals surface area contributed by atoms with E-state index in [1.54, 1.807) is 0 Å². The summed E-state index contributed by atoms with van der Waals surface area (Å²) in [6, 6.07) is 0. The number of esters is 1. The Morgan fingerprint density at radius 2 is 2.08 bits per heavy atom. The molecule has 70 valence electrons. The maximum absolute atomic E-state index is 12.2. The van der Waals surface area contributed by atoms with Crippen molar-refractivity contribution < 1.29 is 18.3 Å². The lowest BCUT2D eigenvalue weighted by Crippen LogP contribution is -2.10. The average molecular weight is 188 g/mol. The van der Waals surface area contributed by atoms with E-state index in [4.69, 9.17) is 0 Å². The van der Waals surface area contributed by atoms with Gasteiger partial charge in [0.1, 0.15) is 5.69 Å². The molecule has 1 aromatic heterocycles. The van der Waals surface area contributed by atoms with Crippen molar-refractivity contribution in [3.05, 3.63) is 23.8 Å². The van der Waals surface area contributed by atoms with Crippen molar-refractivity contribution >= 4 is 5.97 Å². The maximum atomic E-state index is 12.2. The van der Waals surface area contributed by atoms with E-state index in [2.05, 4.69) is 14.7 Å². The second kappa shape index (κ2) is 3.88. The number of carbonyl (C=O) groups excluding carboxylic acids is 1. The summed E-state index contributed by atoms with van der Waals surface area (Å²) >= 11 is 0. The normalized spacial score (nSPS) is 10.2. The fourth-order valence-corrected chi connectivity index (χ4v) is 0.762. The van der Waals surface area contributed by atoms with Gasteiger partial charge in [0.25, 0.3) is 6.43 Å². The van der Waals surface area contributed by atoms with Gasteiger partial charge in [-0.15, -0.1) is 0 Å². The van der Waals surface area contributed by atoms with Crippen molar-refractivity contribution in [1.82, 2.24) is 9.97 Å². The van der Waals surface area contributed by atoms with Gasteiger partial charge in [-0.2, -0.15) is 0 Å². The molecule has 1 aromatic rings. The van der Waals surface area contributed by atoms with E-state index in [-0.39, 0.29) is 0 Å². The van der Waals surface area contributed by atoms with Crippen LogP contribution in [0.15, 0.2) is 12.4 Å². The van der Waals surface area contributed by atoms with E-state index in [1.165, 1.54) is 0 Å². The minimum Gasteiger partial charge on any atom is -0.464 e. The van der Waals surface area contributed by atoms with Crippen molar-refractivity contribution in [3.8, 4) is 0 Å². The molecule has 4 nitrogen and oxygen atoms in total. The Labute approximate surface area is 72.6 Å². The number of alkyl halides is 2. The number of ether oxygens (including phenoxy) is 1. The predicted molar refractivity (Wildman–Crippen MR) is 38.3 cm³/mol. The molecule has 0 aromatic carbocycles. The number of aromatic nitrogens is 2. The van der Waals surface area contributed by atoms with Crippen LogP contribution >= 0.6 is 0 Å². The van der Waals surface area contributed by atoms with Crippen molar-refractivity contribution in [2.75, 3.05) is 7.11 Å². The summed E-state index contributed by atoms with van der Waals surface area (Å²) in [4.78, 5) is 17.7. The molecule has 13 heavy (non-hydrogen) atoms. The van der Waals surface area contributed by atoms with Crippen LogP contribution in [0.4, 0.5) is 8.78 Å². The van der Waals surface area contributed by atoms with Gasteiger partial charge in [0.15, 0.2) is 5.69 Å². The van der Waals surface area contributed by atoms with Crippen molar-refractivity contribution in [1.29, 1.82) is 0 Å². The average Bonchev–Trinajstić information content (AvgIpc) is 2.16. The van der Waals surface area contributed by atoms with Crippen LogP contribution in [0.1, 0.15) is 22.6 Å². The van der Waals surface area contributed by atoms with E-state index in [1.807, 2.05) is 0 Å². The number of hydrogen-bond donors (Lipinski definition) is 0. The number of rotatable bonds is 2. The molecule has 0 fully saturated rings. The number of carbonyl (C=O) groups is 1. The largest absolute Gasteiger partial charge is 0.464 e. The molecule has 0 N–H and O–H groups in total. The molecule has 0 aliphatic heterocycles. The maximum Gasteiger partial charge on any atom is 0.358 e. The minimum absolute atomic E-state index is 0.444. The second-order valence-corrected chi connectivity index (χ2v) is 2.08. The first-order valence-corrected chi connectivity index (χ1v) is 3.34. The molecular weight excluding hydrogens is 182 g/mol. The molecule has 0 saturated heterocycles. The van der Waals surface area contributed by atoms with Crippen LogP contribution in [0.3, 0.4) is 0 Å². The first-order valence-electron chi connectivity index (χ1n) is 3.34. The Hall–Kier alpha value is -1.59. The first kappa shape index (κ1) is 9.50. The number of halogens is 2. The van der Waals surface area contributed by atoms with E-state index < -0.39 is 23.8 Å². The van der Waals surface area contributed by atoms with Crippen LogP contribution in [0.2, 0.25) is 0 Å². The number of hydrogen-bond acceptors (Lipinski definition) is 4. The topological polar surface area (TPSA) is 52.1 Å². The van der Waals surface area contributed by atoms with Gasteiger partial charge >= 0.3 is 5.97 Å². The van der Waals surface area contributed by atoms with Gasteiger partial charge in [-0.05, 0) is 0 Å². The highest BCUT2D eigenvalue weighted by molar-refractivity contribution is 5.88. The molecule has 0 bridgehead atoms. The summed E-state index contributed by atoms with van der Waals surface area (Å²) in [6.45, 7) is 0. The third kappa shape index (κ3) is 1.95. The Kier molecular flexibility index (Phi) is 2.84. The summed E-state index contributed by atoms with van der Waals surface area (Å²) < 4.78 is 28.7. The molecule has 0 amide bonds. The monoisotopic (exact) mass is 188 g/mol. The summed E-state index contributed by atoms with van der Waals surface area (Å²) in [6.07, 6.45) is -0.589. The zero-order valence-corrected chi connectivity index (χ0v) is 6.70. The molecule has 0 spiro atoms. The van der Waals surface area contributed by atoms with Gasteiger partial charge in [-0.1, -0.05) is 0 Å². The molecule has 0 aliphatic carbocycles. The van der Waals surface area contributed by atoms with E-state index in [9.17, 15) is 13.6 Å². The fourth-order valence-electron chi connectivity index (χ4n) is 0.762. The summed E-state index contributed by atoms with van der Waals surface area (Å²) in [5.41, 5.74) is -1.10. The van der Waals surface area contributed by atoms with Gasteiger partial charge < -0.3 is 4.74 Å². The Morgan fingerprint density at radius 3 is 2.62 bits per heavy atom. The molecule has 0 unspecified atom stereocenters. The summed E-state index contributed by atoms with van der Waals surface area (Å²) in [5.74, 6) is -0.914. The third-order valence-corrected chi connectivity index (χ3v) is 1.31. The Bertz CT molecular complexity index is 317. The third-order valence-electron chi connectivity index (χ3n) is 1.31. The molecule has 0 atom stereocenters. The lowest BCUT2D eigenvalue weighted by molar-refractivity contribution is 0.0579. The van der Waals surface area contributed by atoms with Crippen molar-refractivity contribution in [2.45, 2.75) is 6.43 Å². The molecule has 0 aliphatic rings. The van der Waals surface area contributed by atoms with Crippen LogP contribution in [-0.4, -0.2) is 23.0 Å². The molecule has 6 heteroatoms. The highest BCUT2D eigenvalue weighted by Gasteiger charge is 2.21. The molecule has 0 saturated carbocycles. The smallest absolute Gasteiger partial charge is 0.358 e. The summed E-state index contributed by atoms with van der Waals surface area (Å²) in [7, 11) is 1.09. The predicted octanol–water partition coefficient (Wildman–Crippen LogP) is 1.20. The van der Waals surface area contributed by atoms with Crippen LogP contribution in [0, 0.1) is 0 Å². The van der Waals surface area contributed by atoms with Gasteiger partial charge in [0.05, 0.1) is 7.11 Å². The fraction of sp³-hybridized carbons (Fsp3) is 0.286. The Morgan fingerprint density at radius 1 is 1.46 bits per heavy atom. The molecule has 1 rings (SSSR count). The molecule has 1 heterocycles. The first-order chi connectivity index (χ1) is 6.16. The minimum atomic E-state index is -2.83. The SMILES string of the molecule is COC(=O)c1nccnc1C(F)F. The van der Waals surface area contributed by atoms with E-state index >= 15 is 0 Å². The van der Waals surface area contributed by atoms with Gasteiger partial charge in [0.2, 0.25) is 0 Å². The highest BCUT2D eigenvalue weighted by Crippen LogP contribution is 2.18. The Balaban J connectivity index is 3.12. The number of methoxy groups -OCH3 is 1. The molecular formula is C7H6F2N2O2. The van der Waals surface area contributed by atoms with Gasteiger partial charge in [-0.25, -0.2) is 18.6 Å². The quantitative estimate of drug-likeness (QED) is 0.654. The zero-order valence-electron chi connectivity index (χ0n) is 6.70. The van der Waals surface area contributed by atoms with E-state index in [0.717, 1.165) is 19.5 Å². The zero-order chi connectivity index (χ0) is 9.84. The van der Waals surface area contributed by atoms with Crippen LogP contribution < -0.4 is 0 Å². The van der Waals surface area contributed by atoms with Gasteiger partial charge in [-0.3, -0.25) is 4.98 Å². The van der Waals surface area contributed by atoms with Crippen molar-refractivity contribution in [3.63, 3.8) is 0 Å². The second-order valence-electron chi connectivity index (χ2n) is 2.08. The number of nitrogens with zero attached hydrogens (tertiary/aromatic N) is 2. The summed E-state index contributed by atoms with van der Waals surface area (Å²) in [5, 5.41) is 0. The molecule has 0 radical (unpaired) electrons. The van der Waals surface area contributed by atoms with E-state index in [0.29, 0.717) is 0 Å². The van der Waals surface area contributed by atoms with Crippen molar-refractivity contribution in [2.24, 2.45) is 0 Å².